The maximum absolute atomic E-state index is 12.3. The van der Waals surface area contributed by atoms with Crippen LogP contribution in [0.25, 0.3) is 0 Å². The van der Waals surface area contributed by atoms with E-state index in [0.717, 1.165) is 116 Å². The highest BCUT2D eigenvalue weighted by molar-refractivity contribution is 5.70. The SMILES string of the molecule is CC/C=C\C/C=C\C/C=C\C/C=C\C/C=C\C/C=C\C/C=C\C/C=C\C/C=C\CCCCCC(=O)OC(CO)COC(=O)CCCCCCCCCCCC/C=C\C/C=C\C/C=C\CCCCCCC. The summed E-state index contributed by atoms with van der Waals surface area (Å²) in [6, 6.07) is 0. The fourth-order valence-corrected chi connectivity index (χ4v) is 7.38. The molecule has 0 aliphatic carbocycles. The second-order valence-corrected chi connectivity index (χ2v) is 18.3. The van der Waals surface area contributed by atoms with Gasteiger partial charge in [-0.1, -0.05) is 243 Å². The smallest absolute Gasteiger partial charge is 0.306 e. The van der Waals surface area contributed by atoms with Crippen LogP contribution in [0.1, 0.15) is 232 Å². The fraction of sp³-hybridized carbons (Fsp3) is 0.600. The molecule has 5 nitrogen and oxygen atoms in total. The van der Waals surface area contributed by atoms with E-state index in [0.29, 0.717) is 12.8 Å². The van der Waals surface area contributed by atoms with E-state index >= 15 is 0 Å². The third-order valence-corrected chi connectivity index (χ3v) is 11.6. The number of ether oxygens (including phenoxy) is 2. The number of hydrogen-bond donors (Lipinski definition) is 1. The van der Waals surface area contributed by atoms with E-state index in [1.807, 2.05) is 0 Å². The first kappa shape index (κ1) is 65.8. The summed E-state index contributed by atoms with van der Waals surface area (Å²) in [6.45, 7) is 3.98. The van der Waals surface area contributed by atoms with Crippen molar-refractivity contribution >= 4 is 11.9 Å². The van der Waals surface area contributed by atoms with Crippen molar-refractivity contribution < 1.29 is 24.2 Å². The normalized spacial score (nSPS) is 13.4. The Morgan fingerprint density at radius 3 is 0.943 bits per heavy atom. The van der Waals surface area contributed by atoms with Crippen LogP contribution in [0.4, 0.5) is 0 Å². The zero-order valence-electron chi connectivity index (χ0n) is 45.0. The minimum absolute atomic E-state index is 0.0913. The molecule has 0 heterocycles. The van der Waals surface area contributed by atoms with E-state index in [2.05, 4.69) is 160 Å². The molecule has 0 saturated carbocycles. The average Bonchev–Trinajstić information content (AvgIpc) is 3.36. The molecule has 70 heavy (non-hydrogen) atoms. The zero-order valence-corrected chi connectivity index (χ0v) is 45.0. The molecule has 1 atom stereocenters. The van der Waals surface area contributed by atoms with Gasteiger partial charge in [0.05, 0.1) is 6.61 Å². The molecule has 0 aromatic rings. The lowest BCUT2D eigenvalue weighted by Crippen LogP contribution is -2.28. The second-order valence-electron chi connectivity index (χ2n) is 18.3. The molecule has 394 valence electrons. The van der Waals surface area contributed by atoms with Crippen molar-refractivity contribution in [1.82, 2.24) is 0 Å². The van der Waals surface area contributed by atoms with Gasteiger partial charge in [-0.3, -0.25) is 9.59 Å². The number of hydrogen-bond acceptors (Lipinski definition) is 5. The van der Waals surface area contributed by atoms with Crippen molar-refractivity contribution in [2.75, 3.05) is 13.2 Å². The Kier molecular flexibility index (Phi) is 55.5. The molecule has 0 bridgehead atoms. The van der Waals surface area contributed by atoms with Gasteiger partial charge in [0, 0.05) is 12.8 Å². The van der Waals surface area contributed by atoms with Gasteiger partial charge in [0.15, 0.2) is 6.10 Å². The standard InChI is InChI=1S/C65H104O5/c1-3-5-7-9-11-13-15-17-19-21-23-25-27-29-30-31-32-33-34-36-38-40-42-44-46-48-50-52-54-56-58-60-65(68)70-63(61-66)62-69-64(67)59-57-55-53-51-49-47-45-43-41-39-37-35-28-26-24-22-20-18-16-14-12-10-8-6-4-2/h5,7,11,13,16-19,22-25,28-30,32-33,35-36,38,42,44,48,50,63,66H,3-4,6,8-10,12,14-15,20-21,26-27,31,34,37,39-41,43,45-47,49,51-62H2,1-2H3/b7-5-,13-11-,18-16-,19-17-,24-22-,25-23-,30-29-,33-32-,35-28-,38-36-,44-42-,50-48-. The summed E-state index contributed by atoms with van der Waals surface area (Å²) >= 11 is 0. The summed E-state index contributed by atoms with van der Waals surface area (Å²) in [5, 5.41) is 9.65. The van der Waals surface area contributed by atoms with Gasteiger partial charge in [-0.2, -0.15) is 0 Å². The quantitative estimate of drug-likeness (QED) is 0.0374. The Morgan fingerprint density at radius 2 is 0.614 bits per heavy atom. The van der Waals surface area contributed by atoms with Gasteiger partial charge in [0.2, 0.25) is 0 Å². The molecule has 0 saturated heterocycles. The lowest BCUT2D eigenvalue weighted by atomic mass is 10.1. The molecule has 0 fully saturated rings. The van der Waals surface area contributed by atoms with E-state index in [1.54, 1.807) is 0 Å². The Bertz CT molecular complexity index is 1510. The van der Waals surface area contributed by atoms with Crippen molar-refractivity contribution in [2.24, 2.45) is 0 Å². The van der Waals surface area contributed by atoms with Gasteiger partial charge < -0.3 is 14.6 Å². The van der Waals surface area contributed by atoms with Crippen LogP contribution < -0.4 is 0 Å². The second kappa shape index (κ2) is 59.1. The van der Waals surface area contributed by atoms with Crippen molar-refractivity contribution in [3.05, 3.63) is 146 Å². The molecule has 0 aliphatic rings. The first-order valence-electron chi connectivity index (χ1n) is 28.4. The molecule has 1 unspecified atom stereocenters. The topological polar surface area (TPSA) is 72.8 Å². The molecule has 0 amide bonds. The summed E-state index contributed by atoms with van der Waals surface area (Å²) in [7, 11) is 0. The van der Waals surface area contributed by atoms with E-state index < -0.39 is 6.10 Å². The van der Waals surface area contributed by atoms with E-state index in [-0.39, 0.29) is 25.2 Å². The highest BCUT2D eigenvalue weighted by Crippen LogP contribution is 2.14. The predicted molar refractivity (Wildman–Crippen MR) is 306 cm³/mol. The lowest BCUT2D eigenvalue weighted by Gasteiger charge is -2.15. The maximum atomic E-state index is 12.3. The minimum Gasteiger partial charge on any atom is -0.462 e. The van der Waals surface area contributed by atoms with Crippen LogP contribution >= 0.6 is 0 Å². The van der Waals surface area contributed by atoms with Crippen LogP contribution in [0.3, 0.4) is 0 Å². The zero-order chi connectivity index (χ0) is 50.6. The van der Waals surface area contributed by atoms with Gasteiger partial charge in [-0.05, 0) is 122 Å². The number of carbonyl (C=O) groups is 2. The number of rotatable bonds is 50. The summed E-state index contributed by atoms with van der Waals surface area (Å²) in [5.74, 6) is -0.642. The third-order valence-electron chi connectivity index (χ3n) is 11.6. The van der Waals surface area contributed by atoms with Crippen LogP contribution in [0.5, 0.6) is 0 Å². The summed E-state index contributed by atoms with van der Waals surface area (Å²) < 4.78 is 10.7. The highest BCUT2D eigenvalue weighted by Gasteiger charge is 2.16. The Balaban J connectivity index is 3.65. The van der Waals surface area contributed by atoms with Crippen LogP contribution in [-0.2, 0) is 19.1 Å². The fourth-order valence-electron chi connectivity index (χ4n) is 7.38. The van der Waals surface area contributed by atoms with Crippen molar-refractivity contribution in [3.63, 3.8) is 0 Å². The Hall–Kier alpha value is -4.22. The van der Waals surface area contributed by atoms with Gasteiger partial charge >= 0.3 is 11.9 Å². The third kappa shape index (κ3) is 56.4. The average molecular weight is 966 g/mol. The molecule has 0 aliphatic heterocycles. The molecule has 5 heteroatoms. The summed E-state index contributed by atoms with van der Waals surface area (Å²) in [5.41, 5.74) is 0. The Labute approximate surface area is 431 Å². The molecule has 0 aromatic heterocycles. The largest absolute Gasteiger partial charge is 0.462 e. The monoisotopic (exact) mass is 965 g/mol. The van der Waals surface area contributed by atoms with Crippen molar-refractivity contribution in [2.45, 2.75) is 238 Å². The lowest BCUT2D eigenvalue weighted by molar-refractivity contribution is -0.161. The van der Waals surface area contributed by atoms with E-state index in [4.69, 9.17) is 9.47 Å². The van der Waals surface area contributed by atoms with Crippen LogP contribution in [-0.4, -0.2) is 36.4 Å². The van der Waals surface area contributed by atoms with Crippen molar-refractivity contribution in [1.29, 1.82) is 0 Å². The molecule has 0 aromatic carbocycles. The maximum Gasteiger partial charge on any atom is 0.306 e. The van der Waals surface area contributed by atoms with Crippen LogP contribution in [0, 0.1) is 0 Å². The van der Waals surface area contributed by atoms with E-state index in [9.17, 15) is 14.7 Å². The number of unbranched alkanes of at least 4 members (excludes halogenated alkanes) is 18. The number of allylic oxidation sites excluding steroid dienone is 24. The predicted octanol–water partition coefficient (Wildman–Crippen LogP) is 19.4. The van der Waals surface area contributed by atoms with E-state index in [1.165, 1.54) is 89.9 Å². The minimum atomic E-state index is -0.804. The molecular weight excluding hydrogens is 861 g/mol. The van der Waals surface area contributed by atoms with Crippen molar-refractivity contribution in [3.8, 4) is 0 Å². The molecule has 0 rings (SSSR count). The number of aliphatic hydroxyl groups excluding tert-OH is 1. The van der Waals surface area contributed by atoms with Gasteiger partial charge in [0.25, 0.3) is 0 Å². The van der Waals surface area contributed by atoms with Gasteiger partial charge in [0.1, 0.15) is 6.61 Å². The Morgan fingerprint density at radius 1 is 0.343 bits per heavy atom. The summed E-state index contributed by atoms with van der Waals surface area (Å²) in [6.07, 6.45) is 89.5. The first-order chi connectivity index (χ1) is 34.6. The highest BCUT2D eigenvalue weighted by atomic mass is 16.6. The summed E-state index contributed by atoms with van der Waals surface area (Å²) in [4.78, 5) is 24.5. The molecule has 0 spiro atoms. The first-order valence-corrected chi connectivity index (χ1v) is 28.4. The molecular formula is C65H104O5. The van der Waals surface area contributed by atoms with Crippen LogP contribution in [0.15, 0.2) is 146 Å². The molecule has 0 radical (unpaired) electrons. The number of carbonyl (C=O) groups excluding carboxylic acids is 2. The van der Waals surface area contributed by atoms with Gasteiger partial charge in [-0.15, -0.1) is 0 Å². The number of aliphatic hydroxyl groups is 1. The number of esters is 2. The molecule has 1 N–H and O–H groups in total. The van der Waals surface area contributed by atoms with Crippen LogP contribution in [0.2, 0.25) is 0 Å². The van der Waals surface area contributed by atoms with Gasteiger partial charge in [-0.25, -0.2) is 0 Å².